The smallest absolute Gasteiger partial charge is 0.111 e. The van der Waals surface area contributed by atoms with E-state index < -0.39 is 0 Å². The third-order valence-electron chi connectivity index (χ3n) is 3.31. The Labute approximate surface area is 113 Å². The minimum absolute atomic E-state index is 0.230. The molecule has 1 atom stereocenters. The highest BCUT2D eigenvalue weighted by Crippen LogP contribution is 2.24. The third kappa shape index (κ3) is 2.83. The Bertz CT molecular complexity index is 592. The first kappa shape index (κ1) is 13.3. The van der Waals surface area contributed by atoms with Crippen LogP contribution in [0, 0.1) is 17.2 Å². The third-order valence-corrected chi connectivity index (χ3v) is 3.31. The molecule has 0 radical (unpaired) electrons. The average Bonchev–Trinajstić information content (AvgIpc) is 2.89. The molecule has 4 heteroatoms. The Morgan fingerprint density at radius 2 is 2.21 bits per heavy atom. The van der Waals surface area contributed by atoms with Crippen LogP contribution in [0.3, 0.4) is 0 Å². The molecule has 2 rings (SSSR count). The van der Waals surface area contributed by atoms with Gasteiger partial charge in [-0.25, -0.2) is 4.98 Å². The maximum absolute atomic E-state index is 8.92. The van der Waals surface area contributed by atoms with E-state index in [2.05, 4.69) is 29.9 Å². The van der Waals surface area contributed by atoms with Crippen LogP contribution in [-0.4, -0.2) is 16.5 Å². The Morgan fingerprint density at radius 3 is 2.84 bits per heavy atom. The van der Waals surface area contributed by atoms with Crippen LogP contribution in [0.2, 0.25) is 0 Å². The molecule has 0 bridgehead atoms. The first-order valence-corrected chi connectivity index (χ1v) is 6.41. The number of nitrogens with zero attached hydrogens (tertiary/aromatic N) is 2. The number of aromatic amines is 1. The predicted molar refractivity (Wildman–Crippen MR) is 75.4 cm³/mol. The molecule has 2 aromatic rings. The SMILES string of the molecule is CC(C)C(CN)c1ncc(-c2cccc(C#N)c2)[nH]1. The van der Waals surface area contributed by atoms with Crippen molar-refractivity contribution in [3.63, 3.8) is 0 Å². The molecule has 0 amide bonds. The fourth-order valence-electron chi connectivity index (χ4n) is 2.13. The van der Waals surface area contributed by atoms with Gasteiger partial charge in [0.25, 0.3) is 0 Å². The molecule has 0 aliphatic carbocycles. The first-order valence-electron chi connectivity index (χ1n) is 6.41. The van der Waals surface area contributed by atoms with Crippen molar-refractivity contribution in [3.8, 4) is 17.3 Å². The molecule has 1 aromatic heterocycles. The molecular formula is C15H18N4. The zero-order chi connectivity index (χ0) is 13.8. The fraction of sp³-hybridized carbons (Fsp3) is 0.333. The number of aromatic nitrogens is 2. The standard InChI is InChI=1S/C15H18N4/c1-10(2)13(8-17)15-18-9-14(19-15)12-5-3-4-11(6-12)7-16/h3-6,9-10,13H,8,17H2,1-2H3,(H,18,19). The summed E-state index contributed by atoms with van der Waals surface area (Å²) < 4.78 is 0. The Morgan fingerprint density at radius 1 is 1.42 bits per heavy atom. The van der Waals surface area contributed by atoms with Crippen LogP contribution < -0.4 is 5.73 Å². The minimum Gasteiger partial charge on any atom is -0.342 e. The van der Waals surface area contributed by atoms with Crippen LogP contribution >= 0.6 is 0 Å². The molecular weight excluding hydrogens is 236 g/mol. The summed E-state index contributed by atoms with van der Waals surface area (Å²) in [6.45, 7) is 4.84. The van der Waals surface area contributed by atoms with E-state index in [9.17, 15) is 0 Å². The second kappa shape index (κ2) is 5.68. The number of imidazole rings is 1. The molecule has 1 heterocycles. The molecule has 4 nitrogen and oxygen atoms in total. The van der Waals surface area contributed by atoms with Crippen molar-refractivity contribution in [2.24, 2.45) is 11.7 Å². The molecule has 1 aromatic carbocycles. The zero-order valence-corrected chi connectivity index (χ0v) is 11.2. The van der Waals surface area contributed by atoms with Crippen molar-refractivity contribution >= 4 is 0 Å². The van der Waals surface area contributed by atoms with Crippen LogP contribution in [0.4, 0.5) is 0 Å². The second-order valence-corrected chi connectivity index (χ2v) is 4.96. The van der Waals surface area contributed by atoms with Gasteiger partial charge < -0.3 is 10.7 Å². The van der Waals surface area contributed by atoms with Gasteiger partial charge in [0.1, 0.15) is 5.82 Å². The van der Waals surface area contributed by atoms with E-state index in [-0.39, 0.29) is 5.92 Å². The van der Waals surface area contributed by atoms with Crippen LogP contribution in [-0.2, 0) is 0 Å². The number of hydrogen-bond acceptors (Lipinski definition) is 3. The van der Waals surface area contributed by atoms with Gasteiger partial charge in [0.2, 0.25) is 0 Å². The summed E-state index contributed by atoms with van der Waals surface area (Å²) in [5.41, 5.74) is 8.33. The number of benzene rings is 1. The molecule has 0 aliphatic rings. The molecule has 0 aliphatic heterocycles. The Balaban J connectivity index is 2.32. The molecule has 1 unspecified atom stereocenters. The van der Waals surface area contributed by atoms with Crippen LogP contribution in [0.1, 0.15) is 31.2 Å². The average molecular weight is 254 g/mol. The van der Waals surface area contributed by atoms with Gasteiger partial charge in [-0.1, -0.05) is 26.0 Å². The Hall–Kier alpha value is -2.12. The molecule has 0 saturated heterocycles. The fourth-order valence-corrected chi connectivity index (χ4v) is 2.13. The minimum atomic E-state index is 0.230. The summed E-state index contributed by atoms with van der Waals surface area (Å²) >= 11 is 0. The monoisotopic (exact) mass is 254 g/mol. The highest BCUT2D eigenvalue weighted by molar-refractivity contribution is 5.60. The number of hydrogen-bond donors (Lipinski definition) is 2. The Kier molecular flexibility index (Phi) is 3.98. The van der Waals surface area contributed by atoms with Crippen molar-refractivity contribution < 1.29 is 0 Å². The van der Waals surface area contributed by atoms with E-state index in [0.29, 0.717) is 18.0 Å². The molecule has 0 spiro atoms. The number of H-pyrrole nitrogens is 1. The van der Waals surface area contributed by atoms with E-state index in [1.165, 1.54) is 0 Å². The van der Waals surface area contributed by atoms with E-state index in [0.717, 1.165) is 17.1 Å². The lowest BCUT2D eigenvalue weighted by Crippen LogP contribution is -2.19. The van der Waals surface area contributed by atoms with Crippen molar-refractivity contribution in [3.05, 3.63) is 41.9 Å². The quantitative estimate of drug-likeness (QED) is 0.880. The van der Waals surface area contributed by atoms with Gasteiger partial charge in [-0.2, -0.15) is 5.26 Å². The van der Waals surface area contributed by atoms with Crippen molar-refractivity contribution in [1.82, 2.24) is 9.97 Å². The summed E-state index contributed by atoms with van der Waals surface area (Å²) in [6, 6.07) is 9.62. The molecule has 0 saturated carbocycles. The second-order valence-electron chi connectivity index (χ2n) is 4.96. The van der Waals surface area contributed by atoms with E-state index in [4.69, 9.17) is 11.0 Å². The van der Waals surface area contributed by atoms with Gasteiger partial charge in [0.15, 0.2) is 0 Å². The normalized spacial score (nSPS) is 12.4. The van der Waals surface area contributed by atoms with Crippen LogP contribution in [0.25, 0.3) is 11.3 Å². The highest BCUT2D eigenvalue weighted by atomic mass is 14.9. The summed E-state index contributed by atoms with van der Waals surface area (Å²) in [5.74, 6) is 1.58. The highest BCUT2D eigenvalue weighted by Gasteiger charge is 2.17. The van der Waals surface area contributed by atoms with Gasteiger partial charge in [-0.15, -0.1) is 0 Å². The van der Waals surface area contributed by atoms with Crippen LogP contribution in [0.15, 0.2) is 30.5 Å². The summed E-state index contributed by atoms with van der Waals surface area (Å²) in [4.78, 5) is 7.73. The summed E-state index contributed by atoms with van der Waals surface area (Å²) in [7, 11) is 0. The number of nitrogens with two attached hydrogens (primary N) is 1. The molecule has 3 N–H and O–H groups in total. The zero-order valence-electron chi connectivity index (χ0n) is 11.2. The number of nitriles is 1. The first-order chi connectivity index (χ1) is 9.15. The summed E-state index contributed by atoms with van der Waals surface area (Å²) in [6.07, 6.45) is 1.80. The maximum Gasteiger partial charge on any atom is 0.111 e. The largest absolute Gasteiger partial charge is 0.342 e. The van der Waals surface area contributed by atoms with Gasteiger partial charge in [-0.3, -0.25) is 0 Å². The maximum atomic E-state index is 8.92. The van der Waals surface area contributed by atoms with Gasteiger partial charge in [0, 0.05) is 18.0 Å². The molecule has 19 heavy (non-hydrogen) atoms. The lowest BCUT2D eigenvalue weighted by molar-refractivity contribution is 0.487. The molecule has 98 valence electrons. The van der Waals surface area contributed by atoms with Gasteiger partial charge in [-0.05, 0) is 18.1 Å². The number of nitrogens with one attached hydrogen (secondary N) is 1. The van der Waals surface area contributed by atoms with E-state index >= 15 is 0 Å². The van der Waals surface area contributed by atoms with Crippen molar-refractivity contribution in [2.45, 2.75) is 19.8 Å². The van der Waals surface area contributed by atoms with E-state index in [1.807, 2.05) is 18.2 Å². The van der Waals surface area contributed by atoms with E-state index in [1.54, 1.807) is 12.3 Å². The topological polar surface area (TPSA) is 78.5 Å². The van der Waals surface area contributed by atoms with Gasteiger partial charge in [0.05, 0.1) is 23.5 Å². The van der Waals surface area contributed by atoms with Crippen LogP contribution in [0.5, 0.6) is 0 Å². The lowest BCUT2D eigenvalue weighted by atomic mass is 9.95. The number of rotatable bonds is 4. The molecule has 0 fully saturated rings. The van der Waals surface area contributed by atoms with Gasteiger partial charge >= 0.3 is 0 Å². The lowest BCUT2D eigenvalue weighted by Gasteiger charge is -2.15. The van der Waals surface area contributed by atoms with Crippen molar-refractivity contribution in [1.29, 1.82) is 5.26 Å². The van der Waals surface area contributed by atoms with Crippen molar-refractivity contribution in [2.75, 3.05) is 6.54 Å². The summed E-state index contributed by atoms with van der Waals surface area (Å²) in [5, 5.41) is 8.92. The predicted octanol–water partition coefficient (Wildman–Crippen LogP) is 2.65.